The van der Waals surface area contributed by atoms with Gasteiger partial charge in [-0.2, -0.15) is 0 Å². The summed E-state index contributed by atoms with van der Waals surface area (Å²) in [5.41, 5.74) is 2.25. The molecule has 4 nitrogen and oxygen atoms in total. The van der Waals surface area contributed by atoms with E-state index in [2.05, 4.69) is 26.1 Å². The molecule has 0 saturated carbocycles. The van der Waals surface area contributed by atoms with Gasteiger partial charge in [0, 0.05) is 19.5 Å². The molecule has 3 rings (SSSR count). The van der Waals surface area contributed by atoms with Crippen LogP contribution in [0.15, 0.2) is 48.5 Å². The summed E-state index contributed by atoms with van der Waals surface area (Å²) in [6.07, 6.45) is 0. The number of likely N-dealkylation sites (tertiary alicyclic amines) is 1. The minimum atomic E-state index is -0.866. The van der Waals surface area contributed by atoms with Crippen molar-refractivity contribution >= 4 is 17.5 Å². The smallest absolute Gasteiger partial charge is 0.237 e. The number of hydrogen-bond acceptors (Lipinski definition) is 2. The Morgan fingerprint density at radius 3 is 2.33 bits per heavy atom. The van der Waals surface area contributed by atoms with Crippen molar-refractivity contribution in [2.45, 2.75) is 32.1 Å². The average Bonchev–Trinajstić information content (AvgIpc) is 2.91. The molecule has 0 bridgehead atoms. The maximum atomic E-state index is 13.9. The topological polar surface area (TPSA) is 49.4 Å². The van der Waals surface area contributed by atoms with Gasteiger partial charge in [0.2, 0.25) is 11.8 Å². The second kappa shape index (κ2) is 7.14. The van der Waals surface area contributed by atoms with E-state index in [1.54, 1.807) is 24.1 Å². The fourth-order valence-electron chi connectivity index (χ4n) is 3.50. The minimum absolute atomic E-state index is 0.0302. The predicted molar refractivity (Wildman–Crippen MR) is 104 cm³/mol. The van der Waals surface area contributed by atoms with Crippen molar-refractivity contribution in [2.24, 2.45) is 5.92 Å². The minimum Gasteiger partial charge on any atom is -0.344 e. The van der Waals surface area contributed by atoms with Crippen LogP contribution in [-0.4, -0.2) is 30.3 Å². The van der Waals surface area contributed by atoms with E-state index >= 15 is 0 Å². The first-order valence-electron chi connectivity index (χ1n) is 9.09. The van der Waals surface area contributed by atoms with Gasteiger partial charge in [-0.25, -0.2) is 4.39 Å². The van der Waals surface area contributed by atoms with Crippen LogP contribution in [0.1, 0.15) is 37.8 Å². The van der Waals surface area contributed by atoms with Crippen molar-refractivity contribution in [1.29, 1.82) is 0 Å². The maximum absolute atomic E-state index is 13.9. The highest BCUT2D eigenvalue weighted by Gasteiger charge is 2.44. The number of amides is 2. The highest BCUT2D eigenvalue weighted by molar-refractivity contribution is 6.08. The van der Waals surface area contributed by atoms with Gasteiger partial charge in [0.15, 0.2) is 0 Å². The lowest BCUT2D eigenvalue weighted by molar-refractivity contribution is -0.135. The summed E-state index contributed by atoms with van der Waals surface area (Å²) in [6.45, 7) is 6.88. The number of anilines is 1. The third kappa shape index (κ3) is 3.87. The zero-order chi connectivity index (χ0) is 19.8. The monoisotopic (exact) mass is 368 g/mol. The van der Waals surface area contributed by atoms with Crippen LogP contribution in [0.25, 0.3) is 0 Å². The molecule has 1 saturated heterocycles. The predicted octanol–water partition coefficient (Wildman–Crippen LogP) is 3.93. The maximum Gasteiger partial charge on any atom is 0.237 e. The lowest BCUT2D eigenvalue weighted by atomic mass is 9.83. The summed E-state index contributed by atoms with van der Waals surface area (Å²) in [5, 5.41) is 2.58. The molecule has 0 aliphatic carbocycles. The Morgan fingerprint density at radius 1 is 1.11 bits per heavy atom. The van der Waals surface area contributed by atoms with E-state index in [0.717, 1.165) is 5.56 Å². The second-order valence-corrected chi connectivity index (χ2v) is 8.14. The first-order chi connectivity index (χ1) is 12.7. The van der Waals surface area contributed by atoms with Crippen molar-refractivity contribution in [1.82, 2.24) is 4.90 Å². The third-order valence-electron chi connectivity index (χ3n) is 5.13. The van der Waals surface area contributed by atoms with Crippen LogP contribution >= 0.6 is 0 Å². The normalized spacial score (nSPS) is 20.0. The number of carbonyl (C=O) groups excluding carboxylic acids is 2. The van der Waals surface area contributed by atoms with Crippen LogP contribution in [0.2, 0.25) is 0 Å². The van der Waals surface area contributed by atoms with Crippen molar-refractivity contribution in [3.63, 3.8) is 0 Å². The second-order valence-electron chi connectivity index (χ2n) is 8.14. The molecule has 0 radical (unpaired) electrons. The molecule has 1 aliphatic rings. The van der Waals surface area contributed by atoms with Crippen LogP contribution in [-0.2, 0) is 15.0 Å². The quantitative estimate of drug-likeness (QED) is 0.835. The average molecular weight is 368 g/mol. The summed E-state index contributed by atoms with van der Waals surface area (Å²) in [5.74, 6) is -2.36. The molecule has 2 aromatic rings. The Labute approximate surface area is 159 Å². The van der Waals surface area contributed by atoms with Gasteiger partial charge >= 0.3 is 0 Å². The summed E-state index contributed by atoms with van der Waals surface area (Å²) in [7, 11) is 1.69. The first-order valence-corrected chi connectivity index (χ1v) is 9.09. The molecular weight excluding hydrogens is 343 g/mol. The molecule has 0 unspecified atom stereocenters. The summed E-state index contributed by atoms with van der Waals surface area (Å²) < 4.78 is 13.9. The zero-order valence-corrected chi connectivity index (χ0v) is 16.1. The van der Waals surface area contributed by atoms with E-state index in [0.29, 0.717) is 6.54 Å². The third-order valence-corrected chi connectivity index (χ3v) is 5.13. The van der Waals surface area contributed by atoms with Gasteiger partial charge in [-0.1, -0.05) is 57.2 Å². The van der Waals surface area contributed by atoms with Gasteiger partial charge in [0.25, 0.3) is 0 Å². The number of likely N-dealkylation sites (N-methyl/N-ethyl adjacent to an activating group) is 1. The van der Waals surface area contributed by atoms with Gasteiger partial charge in [0.05, 0.1) is 5.69 Å². The van der Waals surface area contributed by atoms with E-state index in [4.69, 9.17) is 0 Å². The van der Waals surface area contributed by atoms with Crippen LogP contribution in [0.5, 0.6) is 0 Å². The lowest BCUT2D eigenvalue weighted by Crippen LogP contribution is -2.33. The molecule has 1 heterocycles. The standard InChI is InChI=1S/C22H25FN2O2/c1-22(2,3)15-11-9-14(10-12-15)16-13-25(4)21(27)19(16)20(26)24-18-8-6-5-7-17(18)23/h5-12,16,19H,13H2,1-4H3,(H,24,26)/t16-,19+/m1/s1. The van der Waals surface area contributed by atoms with Gasteiger partial charge in [-0.15, -0.1) is 0 Å². The molecule has 142 valence electrons. The number of nitrogens with one attached hydrogen (secondary N) is 1. The van der Waals surface area contributed by atoms with E-state index < -0.39 is 17.6 Å². The highest BCUT2D eigenvalue weighted by Crippen LogP contribution is 2.35. The SMILES string of the molecule is CN1C[C@H](c2ccc(C(C)(C)C)cc2)[C@@H](C(=O)Nc2ccccc2F)C1=O. The lowest BCUT2D eigenvalue weighted by Gasteiger charge is -2.21. The summed E-state index contributed by atoms with van der Waals surface area (Å²) >= 11 is 0. The fraction of sp³-hybridized carbons (Fsp3) is 0.364. The zero-order valence-electron chi connectivity index (χ0n) is 16.1. The highest BCUT2D eigenvalue weighted by atomic mass is 19.1. The molecular formula is C22H25FN2O2. The fourth-order valence-corrected chi connectivity index (χ4v) is 3.50. The van der Waals surface area contributed by atoms with Gasteiger partial charge < -0.3 is 10.2 Å². The number of benzene rings is 2. The molecule has 0 aromatic heterocycles. The van der Waals surface area contributed by atoms with Crippen molar-refractivity contribution in [3.05, 3.63) is 65.5 Å². The number of halogens is 1. The number of carbonyl (C=O) groups is 2. The molecule has 1 aliphatic heterocycles. The molecule has 27 heavy (non-hydrogen) atoms. The Balaban J connectivity index is 1.87. The molecule has 1 fully saturated rings. The number of rotatable bonds is 3. The molecule has 2 amide bonds. The number of para-hydroxylation sites is 1. The molecule has 2 aromatic carbocycles. The molecule has 0 spiro atoms. The van der Waals surface area contributed by atoms with Crippen LogP contribution in [0, 0.1) is 11.7 Å². The number of hydrogen-bond donors (Lipinski definition) is 1. The Kier molecular flexibility index (Phi) is 5.05. The number of nitrogens with zero attached hydrogens (tertiary/aromatic N) is 1. The van der Waals surface area contributed by atoms with Crippen LogP contribution < -0.4 is 5.32 Å². The van der Waals surface area contributed by atoms with E-state index in [9.17, 15) is 14.0 Å². The Hall–Kier alpha value is -2.69. The van der Waals surface area contributed by atoms with Gasteiger partial charge in [-0.3, -0.25) is 9.59 Å². The molecule has 1 N–H and O–H groups in total. The van der Waals surface area contributed by atoms with E-state index in [1.165, 1.54) is 17.7 Å². The molecule has 2 atom stereocenters. The summed E-state index contributed by atoms with van der Waals surface area (Å²) in [4.78, 5) is 27.0. The Morgan fingerprint density at radius 2 is 1.74 bits per heavy atom. The van der Waals surface area contributed by atoms with Crippen molar-refractivity contribution in [2.75, 3.05) is 18.9 Å². The van der Waals surface area contributed by atoms with Crippen molar-refractivity contribution in [3.8, 4) is 0 Å². The Bertz CT molecular complexity index is 855. The van der Waals surface area contributed by atoms with E-state index in [1.807, 2.05) is 24.3 Å². The van der Waals surface area contributed by atoms with Gasteiger partial charge in [0.1, 0.15) is 11.7 Å². The van der Waals surface area contributed by atoms with Crippen LogP contribution in [0.4, 0.5) is 10.1 Å². The van der Waals surface area contributed by atoms with Crippen LogP contribution in [0.3, 0.4) is 0 Å². The largest absolute Gasteiger partial charge is 0.344 e. The van der Waals surface area contributed by atoms with E-state index in [-0.39, 0.29) is 22.9 Å². The summed E-state index contributed by atoms with van der Waals surface area (Å²) in [6, 6.07) is 14.0. The van der Waals surface area contributed by atoms with Gasteiger partial charge in [-0.05, 0) is 28.7 Å². The molecule has 5 heteroatoms. The first kappa shape index (κ1) is 19.1. The van der Waals surface area contributed by atoms with Crippen molar-refractivity contribution < 1.29 is 14.0 Å².